The fraction of sp³-hybridized carbons (Fsp3) is 1.00. The molecule has 3 nitrogen and oxygen atoms in total. The van der Waals surface area contributed by atoms with Gasteiger partial charge in [0.05, 0.1) is 0 Å². The fourth-order valence-electron chi connectivity index (χ4n) is 0.0680. The quantitative estimate of drug-likeness (QED) is 0.419. The molecule has 0 spiro atoms. The molecule has 0 aromatic rings. The Kier molecular flexibility index (Phi) is 48.1. The SMILES string of the molecule is CO[Se]OC.C[O-].[Na+]. The second-order valence-corrected chi connectivity index (χ2v) is 2.09. The fourth-order valence-corrected chi connectivity index (χ4v) is 0.354. The first kappa shape index (κ1) is 16.2. The van der Waals surface area contributed by atoms with Crippen molar-refractivity contribution in [3.63, 3.8) is 0 Å². The normalized spacial score (nSPS) is 6.00. The Bertz CT molecular complexity index is 22.0. The van der Waals surface area contributed by atoms with Crippen molar-refractivity contribution in [3.05, 3.63) is 0 Å². The summed E-state index contributed by atoms with van der Waals surface area (Å²) in [6, 6.07) is 0. The molecule has 8 heavy (non-hydrogen) atoms. The van der Waals surface area contributed by atoms with E-state index in [9.17, 15) is 0 Å². The molecule has 0 aliphatic carbocycles. The molecule has 5 heteroatoms. The van der Waals surface area contributed by atoms with Crippen LogP contribution >= 0.6 is 0 Å². The molecule has 46 valence electrons. The van der Waals surface area contributed by atoms with Crippen molar-refractivity contribution in [2.45, 2.75) is 0 Å². The summed E-state index contributed by atoms with van der Waals surface area (Å²) in [4.78, 5) is 0. The van der Waals surface area contributed by atoms with E-state index >= 15 is 0 Å². The van der Waals surface area contributed by atoms with Gasteiger partial charge in [-0.15, -0.1) is 0 Å². The van der Waals surface area contributed by atoms with Gasteiger partial charge in [0, 0.05) is 0 Å². The van der Waals surface area contributed by atoms with Gasteiger partial charge in [0.15, 0.2) is 0 Å². The van der Waals surface area contributed by atoms with Crippen LogP contribution in [0.4, 0.5) is 0 Å². The van der Waals surface area contributed by atoms with Gasteiger partial charge in [-0.05, 0) is 0 Å². The second-order valence-electron chi connectivity index (χ2n) is 0.401. The first-order valence-electron chi connectivity index (χ1n) is 1.56. The molecule has 0 saturated heterocycles. The third kappa shape index (κ3) is 26.2. The van der Waals surface area contributed by atoms with Gasteiger partial charge in [-0.2, -0.15) is 7.11 Å². The molecule has 0 aromatic heterocycles. The molecule has 0 bridgehead atoms. The largest absolute Gasteiger partial charge is 1.00 e. The molecule has 0 unspecified atom stereocenters. The molecule has 0 saturated carbocycles. The van der Waals surface area contributed by atoms with Crippen LogP contribution in [-0.2, 0) is 7.64 Å². The molecule has 0 rings (SSSR count). The van der Waals surface area contributed by atoms with Crippen molar-refractivity contribution in [1.82, 2.24) is 0 Å². The number of rotatable bonds is 2. The maximum Gasteiger partial charge on any atom is 1.00 e. The average molecular weight is 195 g/mol. The Labute approximate surface area is 78.8 Å². The van der Waals surface area contributed by atoms with Gasteiger partial charge in [0.1, 0.15) is 0 Å². The van der Waals surface area contributed by atoms with Gasteiger partial charge in [-0.25, -0.2) is 0 Å². The topological polar surface area (TPSA) is 41.5 Å². The van der Waals surface area contributed by atoms with Gasteiger partial charge in [0.25, 0.3) is 0 Å². The average Bonchev–Trinajstić information content (AvgIpc) is 1.75. The van der Waals surface area contributed by atoms with Gasteiger partial charge >= 0.3 is 67.0 Å². The van der Waals surface area contributed by atoms with Crippen LogP contribution < -0.4 is 34.7 Å². The van der Waals surface area contributed by atoms with Crippen LogP contribution in [0, 0.1) is 0 Å². The summed E-state index contributed by atoms with van der Waals surface area (Å²) in [5, 5.41) is 8.25. The smallest absolute Gasteiger partial charge is 0.857 e. The van der Waals surface area contributed by atoms with Crippen LogP contribution in [0.1, 0.15) is 0 Å². The molecule has 0 radical (unpaired) electrons. The molecule has 0 amide bonds. The molecule has 0 aliphatic heterocycles. The third-order valence-corrected chi connectivity index (χ3v) is 0.707. The first-order chi connectivity index (χ1) is 3.41. The molecule has 0 N–H and O–H groups in total. The minimum atomic E-state index is -0.0417. The van der Waals surface area contributed by atoms with Crippen molar-refractivity contribution >= 4 is 15.6 Å². The van der Waals surface area contributed by atoms with Crippen LogP contribution in [0.25, 0.3) is 0 Å². The molecule has 0 fully saturated rings. The minimum absolute atomic E-state index is 0. The van der Waals surface area contributed by atoms with Crippen molar-refractivity contribution in [1.29, 1.82) is 0 Å². The summed E-state index contributed by atoms with van der Waals surface area (Å²) < 4.78 is 9.06. The summed E-state index contributed by atoms with van der Waals surface area (Å²) in [6.07, 6.45) is 0. The molecule has 0 aromatic carbocycles. The maximum atomic E-state index is 8.25. The molecular formula is C3H9NaO3Se. The molecular weight excluding hydrogens is 186 g/mol. The van der Waals surface area contributed by atoms with Gasteiger partial charge < -0.3 is 5.11 Å². The van der Waals surface area contributed by atoms with Gasteiger partial charge in [-0.1, -0.05) is 0 Å². The Balaban J connectivity index is -0.0000000750. The monoisotopic (exact) mass is 196 g/mol. The second kappa shape index (κ2) is 23.8. The van der Waals surface area contributed by atoms with E-state index in [-0.39, 0.29) is 45.2 Å². The maximum absolute atomic E-state index is 8.25. The summed E-state index contributed by atoms with van der Waals surface area (Å²) in [5.74, 6) is 0. The summed E-state index contributed by atoms with van der Waals surface area (Å²) in [6.45, 7) is 0. The first-order valence-corrected chi connectivity index (χ1v) is 2.96. The minimum Gasteiger partial charge on any atom is -0.857 e. The van der Waals surface area contributed by atoms with Crippen molar-refractivity contribution < 1.29 is 42.3 Å². The standard InChI is InChI=1S/C2H6O2Se.CH3O.Na/c1-3-5-4-2;1-2;/h1-2H3;1H3;/q;-1;+1. The van der Waals surface area contributed by atoms with E-state index in [1.165, 1.54) is 0 Å². The van der Waals surface area contributed by atoms with E-state index in [4.69, 9.17) is 5.11 Å². The van der Waals surface area contributed by atoms with E-state index in [1.807, 2.05) is 0 Å². The molecule has 0 heterocycles. The van der Waals surface area contributed by atoms with Crippen LogP contribution in [0.5, 0.6) is 0 Å². The predicted octanol–water partition coefficient (Wildman–Crippen LogP) is -4.21. The van der Waals surface area contributed by atoms with Crippen molar-refractivity contribution in [2.24, 2.45) is 0 Å². The van der Waals surface area contributed by atoms with Crippen molar-refractivity contribution in [3.8, 4) is 0 Å². The van der Waals surface area contributed by atoms with E-state index in [2.05, 4.69) is 7.64 Å². The summed E-state index contributed by atoms with van der Waals surface area (Å²) >= 11 is -0.0417. The third-order valence-electron chi connectivity index (χ3n) is 0.136. The Hall–Kier alpha value is 1.40. The van der Waals surface area contributed by atoms with E-state index in [0.717, 1.165) is 7.11 Å². The Morgan fingerprint density at radius 2 is 1.38 bits per heavy atom. The molecule has 0 atom stereocenters. The van der Waals surface area contributed by atoms with Crippen LogP contribution in [0.15, 0.2) is 0 Å². The Morgan fingerprint density at radius 3 is 1.38 bits per heavy atom. The van der Waals surface area contributed by atoms with E-state index < -0.39 is 0 Å². The van der Waals surface area contributed by atoms with Crippen LogP contribution in [-0.4, -0.2) is 36.9 Å². The van der Waals surface area contributed by atoms with Crippen molar-refractivity contribution in [2.75, 3.05) is 21.3 Å². The van der Waals surface area contributed by atoms with Gasteiger partial charge in [-0.3, -0.25) is 0 Å². The van der Waals surface area contributed by atoms with Crippen LogP contribution in [0.2, 0.25) is 0 Å². The van der Waals surface area contributed by atoms with E-state index in [0.29, 0.717) is 0 Å². The predicted molar refractivity (Wildman–Crippen MR) is 25.7 cm³/mol. The zero-order chi connectivity index (χ0) is 6.12. The Morgan fingerprint density at radius 1 is 1.12 bits per heavy atom. The zero-order valence-corrected chi connectivity index (χ0v) is 9.35. The number of hydrogen-bond donors (Lipinski definition) is 0. The summed E-state index contributed by atoms with van der Waals surface area (Å²) in [5.41, 5.74) is 0. The summed E-state index contributed by atoms with van der Waals surface area (Å²) in [7, 11) is 3.98. The van der Waals surface area contributed by atoms with E-state index in [1.54, 1.807) is 14.2 Å². The molecule has 0 aliphatic rings. The number of hydrogen-bond acceptors (Lipinski definition) is 3. The zero-order valence-electron chi connectivity index (χ0n) is 5.63. The van der Waals surface area contributed by atoms with Gasteiger partial charge in [0.2, 0.25) is 0 Å². The van der Waals surface area contributed by atoms with Crippen LogP contribution in [0.3, 0.4) is 0 Å².